The summed E-state index contributed by atoms with van der Waals surface area (Å²) in [4.78, 5) is 12.0. The number of carbonyl (C=O) groups excluding carboxylic acids is 1. The van der Waals surface area contributed by atoms with Gasteiger partial charge >= 0.3 is 0 Å². The van der Waals surface area contributed by atoms with Gasteiger partial charge in [-0.1, -0.05) is 13.0 Å². The lowest BCUT2D eigenvalue weighted by Gasteiger charge is -2.28. The summed E-state index contributed by atoms with van der Waals surface area (Å²) in [6.07, 6.45) is 0.726. The first kappa shape index (κ1) is 13.6. The van der Waals surface area contributed by atoms with Crippen LogP contribution in [0.2, 0.25) is 0 Å². The highest BCUT2D eigenvalue weighted by Crippen LogP contribution is 2.13. The molecule has 1 unspecified atom stereocenters. The minimum atomic E-state index is -0.449. The summed E-state index contributed by atoms with van der Waals surface area (Å²) in [7, 11) is 0. The van der Waals surface area contributed by atoms with Gasteiger partial charge in [-0.05, 0) is 38.0 Å². The number of hydrogen-bond acceptors (Lipinski definition) is 2. The van der Waals surface area contributed by atoms with Crippen LogP contribution in [0, 0.1) is 12.7 Å². The standard InChI is InChI=1S/C13H19FN2O/c1-4-13(3,8-15)16-12(17)11-7-10(14)6-5-9(11)2/h5-7H,4,8,15H2,1-3H3,(H,16,17). The summed E-state index contributed by atoms with van der Waals surface area (Å²) in [5, 5.41) is 2.85. The highest BCUT2D eigenvalue weighted by atomic mass is 19.1. The molecular weight excluding hydrogens is 219 g/mol. The molecule has 0 aromatic heterocycles. The largest absolute Gasteiger partial charge is 0.346 e. The van der Waals surface area contributed by atoms with E-state index in [0.717, 1.165) is 12.0 Å². The molecule has 94 valence electrons. The average molecular weight is 238 g/mol. The Kier molecular flexibility index (Phi) is 4.23. The number of carbonyl (C=O) groups is 1. The van der Waals surface area contributed by atoms with Crippen molar-refractivity contribution in [1.29, 1.82) is 0 Å². The van der Waals surface area contributed by atoms with Gasteiger partial charge in [0.1, 0.15) is 5.82 Å². The average Bonchev–Trinajstić information content (AvgIpc) is 2.32. The normalized spacial score (nSPS) is 14.2. The van der Waals surface area contributed by atoms with Gasteiger partial charge in [-0.2, -0.15) is 0 Å². The molecule has 0 radical (unpaired) electrons. The SMILES string of the molecule is CCC(C)(CN)NC(=O)c1cc(F)ccc1C. The van der Waals surface area contributed by atoms with Crippen molar-refractivity contribution in [3.05, 3.63) is 35.1 Å². The molecule has 3 nitrogen and oxygen atoms in total. The molecule has 0 saturated heterocycles. The Morgan fingerprint density at radius 1 is 1.53 bits per heavy atom. The second-order valence-corrected chi connectivity index (χ2v) is 4.53. The van der Waals surface area contributed by atoms with E-state index in [1.165, 1.54) is 12.1 Å². The maximum absolute atomic E-state index is 13.1. The minimum absolute atomic E-state index is 0.281. The number of amides is 1. The third kappa shape index (κ3) is 3.27. The summed E-state index contributed by atoms with van der Waals surface area (Å²) in [5.74, 6) is -0.691. The third-order valence-corrected chi connectivity index (χ3v) is 3.09. The van der Waals surface area contributed by atoms with E-state index in [9.17, 15) is 9.18 Å². The molecule has 0 saturated carbocycles. The van der Waals surface area contributed by atoms with Crippen molar-refractivity contribution in [2.75, 3.05) is 6.54 Å². The van der Waals surface area contributed by atoms with E-state index in [2.05, 4.69) is 5.32 Å². The molecule has 1 aromatic rings. The molecule has 1 amide bonds. The highest BCUT2D eigenvalue weighted by Gasteiger charge is 2.23. The van der Waals surface area contributed by atoms with Crippen molar-refractivity contribution >= 4 is 5.91 Å². The molecule has 0 spiro atoms. The predicted molar refractivity (Wildman–Crippen MR) is 66.4 cm³/mol. The van der Waals surface area contributed by atoms with E-state index >= 15 is 0 Å². The first-order valence-electron chi connectivity index (χ1n) is 5.70. The van der Waals surface area contributed by atoms with E-state index in [1.807, 2.05) is 13.8 Å². The molecule has 17 heavy (non-hydrogen) atoms. The van der Waals surface area contributed by atoms with Crippen molar-refractivity contribution in [2.24, 2.45) is 5.73 Å². The predicted octanol–water partition coefficient (Wildman–Crippen LogP) is 1.99. The Morgan fingerprint density at radius 3 is 2.71 bits per heavy atom. The van der Waals surface area contributed by atoms with E-state index in [0.29, 0.717) is 12.1 Å². The molecule has 0 heterocycles. The zero-order chi connectivity index (χ0) is 13.1. The van der Waals surface area contributed by atoms with Gasteiger partial charge in [-0.25, -0.2) is 4.39 Å². The van der Waals surface area contributed by atoms with Gasteiger partial charge in [-0.3, -0.25) is 4.79 Å². The van der Waals surface area contributed by atoms with Crippen molar-refractivity contribution in [1.82, 2.24) is 5.32 Å². The second-order valence-electron chi connectivity index (χ2n) is 4.53. The van der Waals surface area contributed by atoms with E-state index < -0.39 is 11.4 Å². The van der Waals surface area contributed by atoms with Crippen molar-refractivity contribution < 1.29 is 9.18 Å². The summed E-state index contributed by atoms with van der Waals surface area (Å²) in [5.41, 5.74) is 6.28. The molecule has 3 N–H and O–H groups in total. The summed E-state index contributed by atoms with van der Waals surface area (Å²) >= 11 is 0. The molecule has 4 heteroatoms. The lowest BCUT2D eigenvalue weighted by Crippen LogP contribution is -2.51. The van der Waals surface area contributed by atoms with Crippen LogP contribution in [0.5, 0.6) is 0 Å². The van der Waals surface area contributed by atoms with Crippen LogP contribution in [0.1, 0.15) is 36.2 Å². The smallest absolute Gasteiger partial charge is 0.252 e. The number of nitrogens with one attached hydrogen (secondary N) is 1. The van der Waals surface area contributed by atoms with Crippen molar-refractivity contribution in [3.8, 4) is 0 Å². The van der Waals surface area contributed by atoms with Crippen LogP contribution in [0.25, 0.3) is 0 Å². The number of nitrogens with two attached hydrogens (primary N) is 1. The maximum atomic E-state index is 13.1. The Balaban J connectivity index is 2.94. The van der Waals surface area contributed by atoms with Gasteiger partial charge < -0.3 is 11.1 Å². The fourth-order valence-corrected chi connectivity index (χ4v) is 1.46. The Morgan fingerprint density at radius 2 is 2.18 bits per heavy atom. The molecule has 1 rings (SSSR count). The first-order valence-corrected chi connectivity index (χ1v) is 5.70. The van der Waals surface area contributed by atoms with Crippen LogP contribution in [-0.2, 0) is 0 Å². The van der Waals surface area contributed by atoms with Gasteiger partial charge in [0.05, 0.1) is 0 Å². The Hall–Kier alpha value is -1.42. The zero-order valence-corrected chi connectivity index (χ0v) is 10.5. The maximum Gasteiger partial charge on any atom is 0.252 e. The van der Waals surface area contributed by atoms with E-state index in [-0.39, 0.29) is 5.91 Å². The molecule has 0 aliphatic rings. The number of rotatable bonds is 4. The molecule has 0 bridgehead atoms. The molecule has 0 aliphatic heterocycles. The van der Waals surface area contributed by atoms with Crippen LogP contribution in [0.4, 0.5) is 4.39 Å². The molecule has 0 fully saturated rings. The van der Waals surface area contributed by atoms with E-state index in [4.69, 9.17) is 5.73 Å². The summed E-state index contributed by atoms with van der Waals surface area (Å²) in [6.45, 7) is 5.95. The van der Waals surface area contributed by atoms with Crippen LogP contribution in [0.3, 0.4) is 0 Å². The topological polar surface area (TPSA) is 55.1 Å². The quantitative estimate of drug-likeness (QED) is 0.842. The minimum Gasteiger partial charge on any atom is -0.346 e. The van der Waals surface area contributed by atoms with Crippen LogP contribution in [0.15, 0.2) is 18.2 Å². The monoisotopic (exact) mass is 238 g/mol. The Labute approximate surface area is 101 Å². The molecular formula is C13H19FN2O. The molecule has 1 aromatic carbocycles. The van der Waals surface area contributed by atoms with Crippen molar-refractivity contribution in [3.63, 3.8) is 0 Å². The van der Waals surface area contributed by atoms with Crippen molar-refractivity contribution in [2.45, 2.75) is 32.7 Å². The number of aryl methyl sites for hydroxylation is 1. The number of benzene rings is 1. The van der Waals surface area contributed by atoms with Crippen LogP contribution < -0.4 is 11.1 Å². The fourth-order valence-electron chi connectivity index (χ4n) is 1.46. The lowest BCUT2D eigenvalue weighted by molar-refractivity contribution is 0.0905. The van der Waals surface area contributed by atoms with E-state index in [1.54, 1.807) is 13.0 Å². The third-order valence-electron chi connectivity index (χ3n) is 3.09. The second kappa shape index (κ2) is 5.27. The van der Waals surface area contributed by atoms with Crippen LogP contribution in [-0.4, -0.2) is 18.0 Å². The number of hydrogen-bond donors (Lipinski definition) is 2. The zero-order valence-electron chi connectivity index (χ0n) is 10.5. The van der Waals surface area contributed by atoms with Gasteiger partial charge in [0.2, 0.25) is 0 Å². The lowest BCUT2D eigenvalue weighted by atomic mass is 9.98. The van der Waals surface area contributed by atoms with Gasteiger partial charge in [-0.15, -0.1) is 0 Å². The van der Waals surface area contributed by atoms with Gasteiger partial charge in [0.25, 0.3) is 5.91 Å². The van der Waals surface area contributed by atoms with Crippen LogP contribution >= 0.6 is 0 Å². The molecule has 0 aliphatic carbocycles. The highest BCUT2D eigenvalue weighted by molar-refractivity contribution is 5.96. The fraction of sp³-hybridized carbons (Fsp3) is 0.462. The Bertz CT molecular complexity index is 414. The first-order chi connectivity index (χ1) is 7.91. The summed E-state index contributed by atoms with van der Waals surface area (Å²) < 4.78 is 13.1. The number of halogens is 1. The summed E-state index contributed by atoms with van der Waals surface area (Å²) in [6, 6.07) is 4.18. The van der Waals surface area contributed by atoms with Gasteiger partial charge in [0.15, 0.2) is 0 Å². The van der Waals surface area contributed by atoms with Gasteiger partial charge in [0, 0.05) is 17.6 Å². The molecule has 1 atom stereocenters.